The number of aliphatic hydroxyl groups is 1. The molecule has 9 atom stereocenters. The van der Waals surface area contributed by atoms with Gasteiger partial charge in [0.05, 0.1) is 119 Å². The van der Waals surface area contributed by atoms with Gasteiger partial charge in [0.1, 0.15) is 17.4 Å². The summed E-state index contributed by atoms with van der Waals surface area (Å²) in [5.74, 6) is -1.06. The van der Waals surface area contributed by atoms with Crippen molar-refractivity contribution in [1.82, 2.24) is 9.55 Å². The topological polar surface area (TPSA) is 601 Å². The Hall–Kier alpha value is -4.53. The van der Waals surface area contributed by atoms with E-state index in [1.165, 1.54) is 90.0 Å². The molecular formula is C80H150BCl2FN15NaO27S11. The maximum atomic E-state index is 12.9. The summed E-state index contributed by atoms with van der Waals surface area (Å²) in [6.45, 7) is 21.8. The van der Waals surface area contributed by atoms with Gasteiger partial charge >= 0.3 is 76.5 Å². The van der Waals surface area contributed by atoms with E-state index in [0.717, 1.165) is 153 Å². The van der Waals surface area contributed by atoms with Crippen LogP contribution in [0.15, 0.2) is 77.9 Å². The Labute approximate surface area is 909 Å². The third kappa shape index (κ3) is 65.8. The number of epoxide rings is 1. The molecule has 14 rings (SSSR count). The zero-order chi connectivity index (χ0) is 94.4. The first-order valence-electron chi connectivity index (χ1n) is 39.9. The number of alkyl halides is 2. The molecule has 798 valence electrons. The van der Waals surface area contributed by atoms with Crippen LogP contribution in [-0.4, -0.2) is 271 Å². The first-order valence-corrected chi connectivity index (χ1v) is 44.6. The van der Waals surface area contributed by atoms with Gasteiger partial charge in [-0.2, -0.15) is 143 Å². The Morgan fingerprint density at radius 3 is 1.22 bits per heavy atom. The van der Waals surface area contributed by atoms with Crippen LogP contribution in [0.3, 0.4) is 0 Å². The van der Waals surface area contributed by atoms with E-state index >= 15 is 0 Å². The van der Waals surface area contributed by atoms with E-state index in [1.807, 2.05) is 12.1 Å². The SMILES string of the molecule is C.C.CC(=O)c1ccc(N)c(NC[C@@H]2CCO2)c1.CC(=O)c1ccc([N+](=O)[O-])c(F)c1.CC(=O)c1ccc([N+](=O)[O-])c(NC[C@@H]2CCO2)c1.CC(=O)c1ccc2nc(CCl)n(C[C@@H]3CCO3)c2c1.CC[C@@H]1CCO1.CC[C@@H]1CCO1.COC(CCl)(OC)OC.CS(=O)(=O)OS(C)(=O)=O.N=BOC[C@@H]1CO1.NC[C@@H]1CCO1.OC[C@@H]1CCO1.S.S.S.S.S.S.S.S.S.[HH].[HH].[HH].[N-]=[N+]=NC[C@@H]1CCO1.[N-]=[N+]=[N-].[Na+]. The number of nitrogens with two attached hydrogens (primary N) is 2. The molecular weight excluding hydrogens is 2080 g/mol. The normalized spacial score (nSPS) is 18.2. The van der Waals surface area contributed by atoms with Gasteiger partial charge in [-0.1, -0.05) is 33.8 Å². The van der Waals surface area contributed by atoms with Crippen molar-refractivity contribution in [3.63, 3.8) is 0 Å². The second-order valence-electron chi connectivity index (χ2n) is 28.0. The van der Waals surface area contributed by atoms with E-state index in [-0.39, 0.29) is 254 Å². The van der Waals surface area contributed by atoms with Gasteiger partial charge in [-0.15, -0.1) is 26.8 Å². The molecule has 0 radical (unpaired) electrons. The van der Waals surface area contributed by atoms with E-state index in [0.29, 0.717) is 91.0 Å². The van der Waals surface area contributed by atoms with Crippen molar-refractivity contribution in [2.45, 2.75) is 194 Å². The summed E-state index contributed by atoms with van der Waals surface area (Å²) in [5, 5.41) is 45.3. The average molecular weight is 2230 g/mol. The molecule has 0 unspecified atom stereocenters. The van der Waals surface area contributed by atoms with Crippen LogP contribution < -0.4 is 51.7 Å². The monoisotopic (exact) mass is 2230 g/mol. The number of nitro groups is 2. The van der Waals surface area contributed by atoms with Crippen molar-refractivity contribution >= 4 is 235 Å². The fourth-order valence-corrected chi connectivity index (χ4v) is 12.5. The van der Waals surface area contributed by atoms with Crippen molar-refractivity contribution in [3.05, 3.63) is 153 Å². The molecule has 42 nitrogen and oxygen atoms in total. The molecule has 9 fully saturated rings. The quantitative estimate of drug-likeness (QED) is 0.00212. The summed E-state index contributed by atoms with van der Waals surface area (Å²) in [6, 6.07) is 18.2. The van der Waals surface area contributed by atoms with Gasteiger partial charge < -0.3 is 94.9 Å². The number of carbonyl (C=O) groups excluding carboxylic acids is 4. The first kappa shape index (κ1) is 156. The maximum absolute atomic E-state index is 12.9. The van der Waals surface area contributed by atoms with E-state index in [9.17, 15) is 60.6 Å². The molecule has 9 aliphatic rings. The molecule has 138 heavy (non-hydrogen) atoms. The number of nitrogens with one attached hydrogen (secondary N) is 3. The number of benzene rings is 4. The van der Waals surface area contributed by atoms with E-state index < -0.39 is 47.6 Å². The maximum Gasteiger partial charge on any atom is 1.00 e. The number of halogens is 3. The number of imidazole rings is 1. The summed E-state index contributed by atoms with van der Waals surface area (Å²) in [5.41, 5.74) is 37.3. The predicted molar refractivity (Wildman–Crippen MR) is 582 cm³/mol. The molecule has 8 N–H and O–H groups in total. The molecule has 5 aromatic rings. The molecule has 0 bridgehead atoms. The summed E-state index contributed by atoms with van der Waals surface area (Å²) >= 11 is 11.4. The second-order valence-corrected chi connectivity index (χ2v) is 31.9. The average Bonchev–Trinajstić information content (AvgIpc) is 1.64. The van der Waals surface area contributed by atoms with Gasteiger partial charge in [-0.3, -0.25) is 44.3 Å². The molecule has 1 aromatic heterocycles. The number of Topliss-reactive ketones (excluding diaryl/α,β-unsaturated/α-hetero) is 4. The molecule has 9 saturated heterocycles. The number of carbonyl (C=O) groups is 4. The molecule has 9 aliphatic heterocycles. The van der Waals surface area contributed by atoms with E-state index in [4.69, 9.17) is 119 Å². The number of rotatable bonds is 30. The number of hydrogen-bond donors (Lipinski definition) is 6. The number of ketones is 4. The predicted octanol–water partition coefficient (Wildman–Crippen LogP) is 11.8. The van der Waals surface area contributed by atoms with Crippen molar-refractivity contribution < 1.29 is 154 Å². The number of nitrogen functional groups attached to an aromatic ring is 1. The number of nitrogens with zero attached hydrogens (tertiary/aromatic N) is 10. The first-order chi connectivity index (χ1) is 59.9. The Morgan fingerprint density at radius 1 is 0.601 bits per heavy atom. The number of aromatic nitrogens is 2. The minimum absolute atomic E-state index is 0. The molecule has 0 amide bonds. The number of nitro benzene ring substituents is 2. The van der Waals surface area contributed by atoms with Gasteiger partial charge in [0.25, 0.3) is 31.9 Å². The number of aliphatic hydroxyl groups excluding tert-OH is 1. The van der Waals surface area contributed by atoms with E-state index in [1.54, 1.807) is 38.1 Å². The van der Waals surface area contributed by atoms with Crippen LogP contribution in [0.4, 0.5) is 32.8 Å². The summed E-state index contributed by atoms with van der Waals surface area (Å²) in [4.78, 5) is 73.1. The third-order valence-electron chi connectivity index (χ3n) is 18.6. The number of ether oxygens (including phenoxy) is 12. The van der Waals surface area contributed by atoms with Crippen LogP contribution in [0.25, 0.3) is 37.5 Å². The third-order valence-corrected chi connectivity index (χ3v) is 21.1. The van der Waals surface area contributed by atoms with Gasteiger partial charge in [-0.05, 0) is 158 Å². The van der Waals surface area contributed by atoms with Crippen LogP contribution >= 0.6 is 145 Å². The Morgan fingerprint density at radius 2 is 0.957 bits per heavy atom. The molecule has 10 heterocycles. The van der Waals surface area contributed by atoms with Gasteiger partial charge in [0.15, 0.2) is 23.1 Å². The van der Waals surface area contributed by atoms with Crippen molar-refractivity contribution in [1.29, 1.82) is 5.31 Å². The molecule has 58 heteroatoms. The van der Waals surface area contributed by atoms with Gasteiger partial charge in [-0.25, -0.2) is 4.98 Å². The van der Waals surface area contributed by atoms with Crippen molar-refractivity contribution in [2.24, 2.45) is 10.8 Å². The van der Waals surface area contributed by atoms with E-state index in [2.05, 4.69) is 52.3 Å². The molecule has 0 spiro atoms. The Bertz CT molecular complexity index is 4410. The number of azide groups is 1. The van der Waals surface area contributed by atoms with Crippen LogP contribution in [0.5, 0.6) is 0 Å². The Kier molecular flexibility index (Phi) is 99.4. The number of anilines is 3. The number of methoxy groups -OCH3 is 3. The number of fused-ring (bicyclic) bond motifs is 1. The largest absolute Gasteiger partial charge is 1.00 e. The van der Waals surface area contributed by atoms with Crippen LogP contribution in [-0.2, 0) is 97.8 Å². The summed E-state index contributed by atoms with van der Waals surface area (Å²) in [7, 11) is -2.40. The minimum atomic E-state index is -3.87. The van der Waals surface area contributed by atoms with Gasteiger partial charge in [0.2, 0.25) is 5.82 Å². The fourth-order valence-electron chi connectivity index (χ4n) is 10.2. The minimum Gasteiger partial charge on any atom is -0.394 e. The summed E-state index contributed by atoms with van der Waals surface area (Å²) < 4.78 is 123. The second kappa shape index (κ2) is 87.8. The molecule has 4 aromatic carbocycles. The van der Waals surface area contributed by atoms with Crippen LogP contribution in [0, 0.1) is 31.4 Å². The van der Waals surface area contributed by atoms with Crippen LogP contribution in [0.1, 0.15) is 172 Å². The Balaban J connectivity index is -0.000000105. The zero-order valence-electron chi connectivity index (χ0n) is 78.1. The standard InChI is InChI=1S/C14H15ClN2O2.C12H14N2O4.C12H16N2O2.C8H6FNO3.C5H11ClO3.2C5H10O.C4H7N3O.C4H9NO.C4H8O2.C3H6BNO2.C2H6O5S2.2CH4.N3.Na.9H2S.3H2/c1-9(18)10-2-3-12-13(6-10)17(14(7-15)16-12)8-11-4-5-19-11;1-8(15)9-2-3-12(14(16)17)11(6-9)13-7-10-4-5-18-10;1-8(15)9-2-3-11(13)12(6-9)14-7-10-4-5-16-10;1-5(11)6-2-3-8(10(12)13)7(9)4-6;1-7-5(4-6,8-2)9-3;2*1-2-5-3-4-6-5;5-7-6-3-4-1-2-8-4;2*5-3-4-1-2-6-4;5-4-7-2-3-1-6-3;1-8(3,4)7-9(2,5)6;;;1-3-2;;;;;;;;;;;;;/h2-3,6,11H,4-5,7-8H2,1H3;2-3,6,10,13H,4-5,7H2,1H3;2-3,6,10,14H,4-5,7,13H2,1H3;2-4H,1H3;4H2,1-3H3;2*5H,2-4H2,1H3;4H,1-3H2;4H,1-3,5H2;4-5H,1-3H2;3,5H,1-2H2;1-2H3;2*1H4;;;9*1H2;3*1H/q;;;;;;;;;;;;;;-1;+1;;;;;;;;;;;;/t11-;2*10-;;;2*5-;3*4-;3-;;;;;;;;;;;;;;;;;/m000..110000................./s1. The summed E-state index contributed by atoms with van der Waals surface area (Å²) in [6.07, 6.45) is 15.5. The van der Waals surface area contributed by atoms with Crippen LogP contribution in [0.2, 0.25) is 0 Å². The van der Waals surface area contributed by atoms with Gasteiger partial charge in [0, 0.05) is 137 Å². The smallest absolute Gasteiger partial charge is 0.394 e. The fraction of sp³-hybridized carbons (Fsp3) is 0.637. The van der Waals surface area contributed by atoms with Crippen molar-refractivity contribution in [3.8, 4) is 0 Å². The molecule has 0 aliphatic carbocycles. The zero-order valence-corrected chi connectivity index (χ0v) is 92.3. The van der Waals surface area contributed by atoms with Crippen molar-refractivity contribution in [2.75, 3.05) is 155 Å². The molecule has 0 saturated carbocycles. The number of hydrogen-bond acceptors (Lipinski definition) is 34.